The topological polar surface area (TPSA) is 12.9 Å². The van der Waals surface area contributed by atoms with Crippen molar-refractivity contribution in [2.24, 2.45) is 0 Å². The molecule has 0 aliphatic rings. The van der Waals surface area contributed by atoms with Crippen LogP contribution in [0.1, 0.15) is 5.56 Å². The van der Waals surface area contributed by atoms with Gasteiger partial charge in [0.15, 0.2) is 0 Å². The number of benzene rings is 2. The monoisotopic (exact) mass is 389 g/mol. The Morgan fingerprint density at radius 1 is 1.04 bits per heavy atom. The summed E-state index contributed by atoms with van der Waals surface area (Å²) in [7, 11) is 0. The van der Waals surface area contributed by atoms with E-state index >= 15 is 0 Å². The minimum absolute atomic E-state index is 0. The molecule has 0 bridgehead atoms. The van der Waals surface area contributed by atoms with Crippen LogP contribution >= 0.6 is 35.3 Å². The number of fused-ring (bicyclic) bond motifs is 1. The molecule has 4 aromatic rings. The van der Waals surface area contributed by atoms with Gasteiger partial charge in [0.1, 0.15) is 5.82 Å². The molecule has 2 aromatic carbocycles. The minimum atomic E-state index is -0.245. The van der Waals surface area contributed by atoms with Gasteiger partial charge in [-0.2, -0.15) is 0 Å². The van der Waals surface area contributed by atoms with E-state index in [1.54, 1.807) is 23.5 Å². The summed E-state index contributed by atoms with van der Waals surface area (Å²) in [5.41, 5.74) is 4.08. The van der Waals surface area contributed by atoms with Gasteiger partial charge in [0, 0.05) is 16.0 Å². The second-order valence-corrected chi connectivity index (χ2v) is 6.96. The van der Waals surface area contributed by atoms with E-state index in [2.05, 4.69) is 0 Å². The Balaban J connectivity index is 0.00000182. The second-order valence-electron chi connectivity index (χ2n) is 5.58. The summed E-state index contributed by atoms with van der Waals surface area (Å²) >= 11 is 7.82. The molecule has 25 heavy (non-hydrogen) atoms. The van der Waals surface area contributed by atoms with Crippen LogP contribution in [0.3, 0.4) is 0 Å². The van der Waals surface area contributed by atoms with Gasteiger partial charge < -0.3 is 0 Å². The highest BCUT2D eigenvalue weighted by Crippen LogP contribution is 2.39. The fourth-order valence-electron chi connectivity index (χ4n) is 2.99. The van der Waals surface area contributed by atoms with Gasteiger partial charge in [-0.3, -0.25) is 0 Å². The van der Waals surface area contributed by atoms with Crippen LogP contribution in [-0.4, -0.2) is 4.98 Å². The fraction of sp³-hybridized carbons (Fsp3) is 0.0500. The van der Waals surface area contributed by atoms with Crippen molar-refractivity contribution in [1.82, 2.24) is 4.98 Å². The lowest BCUT2D eigenvalue weighted by Crippen LogP contribution is -1.96. The molecule has 0 atom stereocenters. The lowest BCUT2D eigenvalue weighted by atomic mass is 9.94. The first-order valence-corrected chi connectivity index (χ1v) is 8.79. The first kappa shape index (κ1) is 17.9. The summed E-state index contributed by atoms with van der Waals surface area (Å²) in [5.74, 6) is -0.245. The van der Waals surface area contributed by atoms with E-state index in [1.165, 1.54) is 6.07 Å². The summed E-state index contributed by atoms with van der Waals surface area (Å²) in [5, 5.41) is 3.50. The molecule has 126 valence electrons. The van der Waals surface area contributed by atoms with Crippen LogP contribution in [-0.2, 0) is 0 Å². The van der Waals surface area contributed by atoms with Crippen LogP contribution < -0.4 is 0 Å². The SMILES string of the molecule is Cc1c(-c2cccs2)nc2ccc(Cl)cc2c1-c1ccccc1F.Cl. The third kappa shape index (κ3) is 3.15. The number of hydrogen-bond acceptors (Lipinski definition) is 2. The highest BCUT2D eigenvalue weighted by Gasteiger charge is 2.17. The third-order valence-corrected chi connectivity index (χ3v) is 5.20. The summed E-state index contributed by atoms with van der Waals surface area (Å²) < 4.78 is 14.5. The van der Waals surface area contributed by atoms with Crippen molar-refractivity contribution >= 4 is 46.2 Å². The molecular weight excluding hydrogens is 376 g/mol. The Bertz CT molecular complexity index is 1050. The zero-order valence-corrected chi connectivity index (χ0v) is 15.7. The average molecular weight is 390 g/mol. The molecule has 4 rings (SSSR count). The van der Waals surface area contributed by atoms with Crippen molar-refractivity contribution in [3.05, 3.63) is 76.4 Å². The maximum Gasteiger partial charge on any atom is 0.131 e. The van der Waals surface area contributed by atoms with Crippen molar-refractivity contribution in [1.29, 1.82) is 0 Å². The normalized spacial score (nSPS) is 10.7. The van der Waals surface area contributed by atoms with Crippen LogP contribution in [0.15, 0.2) is 60.0 Å². The van der Waals surface area contributed by atoms with Gasteiger partial charge in [0.05, 0.1) is 16.1 Å². The Hall–Kier alpha value is -1.94. The predicted octanol–water partition coefficient (Wildman–Crippen LogP) is 7.15. The van der Waals surface area contributed by atoms with E-state index in [9.17, 15) is 4.39 Å². The molecule has 0 aliphatic carbocycles. The molecule has 0 spiro atoms. The predicted molar refractivity (Wildman–Crippen MR) is 107 cm³/mol. The van der Waals surface area contributed by atoms with Crippen LogP contribution in [0.5, 0.6) is 0 Å². The number of pyridine rings is 1. The zero-order valence-electron chi connectivity index (χ0n) is 13.3. The van der Waals surface area contributed by atoms with Crippen molar-refractivity contribution < 1.29 is 4.39 Å². The lowest BCUT2D eigenvalue weighted by molar-refractivity contribution is 0.631. The molecule has 0 saturated heterocycles. The summed E-state index contributed by atoms with van der Waals surface area (Å²) in [6.07, 6.45) is 0. The molecule has 0 aliphatic heterocycles. The molecular formula is C20H14Cl2FNS. The van der Waals surface area contributed by atoms with Crippen LogP contribution in [0.2, 0.25) is 5.02 Å². The highest BCUT2D eigenvalue weighted by molar-refractivity contribution is 7.13. The summed E-state index contributed by atoms with van der Waals surface area (Å²) in [4.78, 5) is 5.87. The van der Waals surface area contributed by atoms with Gasteiger partial charge >= 0.3 is 0 Å². The number of nitrogens with zero attached hydrogens (tertiary/aromatic N) is 1. The molecule has 0 radical (unpaired) electrons. The largest absolute Gasteiger partial charge is 0.247 e. The number of aromatic nitrogens is 1. The molecule has 0 N–H and O–H groups in total. The van der Waals surface area contributed by atoms with E-state index in [0.29, 0.717) is 10.6 Å². The van der Waals surface area contributed by atoms with Gasteiger partial charge in [-0.15, -0.1) is 23.7 Å². The Labute approximate surface area is 160 Å². The first-order chi connectivity index (χ1) is 11.6. The minimum Gasteiger partial charge on any atom is -0.247 e. The van der Waals surface area contributed by atoms with Crippen LogP contribution in [0.25, 0.3) is 32.6 Å². The van der Waals surface area contributed by atoms with E-state index < -0.39 is 0 Å². The average Bonchev–Trinajstić information content (AvgIpc) is 3.10. The Morgan fingerprint density at radius 2 is 1.84 bits per heavy atom. The third-order valence-electron chi connectivity index (χ3n) is 4.09. The quantitative estimate of drug-likeness (QED) is 0.354. The molecule has 0 unspecified atom stereocenters. The van der Waals surface area contributed by atoms with E-state index in [4.69, 9.17) is 16.6 Å². The molecule has 2 aromatic heterocycles. The first-order valence-electron chi connectivity index (χ1n) is 7.54. The standard InChI is InChI=1S/C20H13ClFNS.ClH/c1-12-19(14-5-2-3-6-16(14)22)15-11-13(21)8-9-17(15)23-20(12)18-7-4-10-24-18;/h2-11H,1H3;1H. The molecule has 2 heterocycles. The summed E-state index contributed by atoms with van der Waals surface area (Å²) in [6.45, 7) is 1.99. The van der Waals surface area contributed by atoms with Crippen molar-refractivity contribution in [3.63, 3.8) is 0 Å². The molecule has 1 nitrogen and oxygen atoms in total. The van der Waals surface area contributed by atoms with Gasteiger partial charge in [-0.1, -0.05) is 35.9 Å². The number of hydrogen-bond donors (Lipinski definition) is 0. The maximum absolute atomic E-state index is 14.5. The fourth-order valence-corrected chi connectivity index (χ4v) is 3.94. The Kier molecular flexibility index (Phi) is 5.09. The number of halogens is 3. The van der Waals surface area contributed by atoms with Gasteiger partial charge in [0.2, 0.25) is 0 Å². The smallest absolute Gasteiger partial charge is 0.131 e. The van der Waals surface area contributed by atoms with Gasteiger partial charge in [0.25, 0.3) is 0 Å². The molecule has 0 amide bonds. The van der Waals surface area contributed by atoms with Crippen LogP contribution in [0, 0.1) is 12.7 Å². The van der Waals surface area contributed by atoms with Crippen molar-refractivity contribution in [2.45, 2.75) is 6.92 Å². The van der Waals surface area contributed by atoms with E-state index in [-0.39, 0.29) is 18.2 Å². The Morgan fingerprint density at radius 3 is 2.56 bits per heavy atom. The molecule has 0 saturated carbocycles. The van der Waals surface area contributed by atoms with Gasteiger partial charge in [-0.25, -0.2) is 9.37 Å². The molecule has 5 heteroatoms. The van der Waals surface area contributed by atoms with Crippen LogP contribution in [0.4, 0.5) is 4.39 Å². The van der Waals surface area contributed by atoms with Gasteiger partial charge in [-0.05, 0) is 53.8 Å². The number of rotatable bonds is 2. The van der Waals surface area contributed by atoms with E-state index in [0.717, 1.165) is 32.6 Å². The van der Waals surface area contributed by atoms with E-state index in [1.807, 2.05) is 48.7 Å². The zero-order chi connectivity index (χ0) is 16.7. The second kappa shape index (κ2) is 7.12. The van der Waals surface area contributed by atoms with Crippen molar-refractivity contribution in [2.75, 3.05) is 0 Å². The maximum atomic E-state index is 14.5. The lowest BCUT2D eigenvalue weighted by Gasteiger charge is -2.15. The highest BCUT2D eigenvalue weighted by atomic mass is 35.5. The van der Waals surface area contributed by atoms with Crippen molar-refractivity contribution in [3.8, 4) is 21.7 Å². The molecule has 0 fully saturated rings. The summed E-state index contributed by atoms with van der Waals surface area (Å²) in [6, 6.07) is 16.4. The number of thiophene rings is 1.